The van der Waals surface area contributed by atoms with Crippen molar-refractivity contribution in [3.8, 4) is 0 Å². The molecule has 3 fully saturated rings. The smallest absolute Gasteiger partial charge is 0.306 e. The van der Waals surface area contributed by atoms with E-state index >= 15 is 0 Å². The zero-order chi connectivity index (χ0) is 23.1. The van der Waals surface area contributed by atoms with Crippen LogP contribution >= 0.6 is 11.6 Å². The number of allylic oxidation sites excluding steroid dienone is 4. The lowest BCUT2D eigenvalue weighted by Gasteiger charge is -2.57. The van der Waals surface area contributed by atoms with Gasteiger partial charge in [-0.1, -0.05) is 44.9 Å². The largest absolute Gasteiger partial charge is 0.450 e. The van der Waals surface area contributed by atoms with Crippen LogP contribution in [0.25, 0.3) is 0 Å². The third kappa shape index (κ3) is 2.77. The molecule has 8 atom stereocenters. The molecule has 32 heavy (non-hydrogen) atoms. The Balaban J connectivity index is 1.52. The zero-order valence-electron chi connectivity index (χ0n) is 19.7. The van der Waals surface area contributed by atoms with E-state index in [1.165, 1.54) is 0 Å². The Morgan fingerprint density at radius 1 is 1.16 bits per heavy atom. The van der Waals surface area contributed by atoms with Crippen molar-refractivity contribution >= 4 is 29.1 Å². The van der Waals surface area contributed by atoms with Crippen LogP contribution in [-0.4, -0.2) is 23.1 Å². The van der Waals surface area contributed by atoms with Crippen LogP contribution in [0.1, 0.15) is 79.1 Å². The number of Topliss-reactive ketones (excluding diaryl/α,β-unsaturated/α-hetero) is 1. The molecule has 5 heteroatoms. The van der Waals surface area contributed by atoms with Crippen molar-refractivity contribution in [3.05, 3.63) is 22.8 Å². The second-order valence-electron chi connectivity index (χ2n) is 11.5. The summed E-state index contributed by atoms with van der Waals surface area (Å²) in [6.07, 6.45) is 10.3. The van der Waals surface area contributed by atoms with Gasteiger partial charge in [-0.25, -0.2) is 0 Å². The monoisotopic (exact) mass is 458 g/mol. The number of carbonyl (C=O) groups is 3. The lowest BCUT2D eigenvalue weighted by atomic mass is 9.47. The maximum atomic E-state index is 13.1. The van der Waals surface area contributed by atoms with Crippen LogP contribution in [0, 0.1) is 40.4 Å². The number of hydrogen-bond donors (Lipinski definition) is 0. The lowest BCUT2D eigenvalue weighted by molar-refractivity contribution is -0.187. The van der Waals surface area contributed by atoms with Crippen LogP contribution in [0.15, 0.2) is 22.8 Å². The minimum atomic E-state index is -1.03. The van der Waals surface area contributed by atoms with Crippen LogP contribution < -0.4 is 0 Å². The van der Waals surface area contributed by atoms with Crippen LogP contribution in [0.5, 0.6) is 0 Å². The summed E-state index contributed by atoms with van der Waals surface area (Å²) in [5.41, 5.74) is -0.458. The first-order chi connectivity index (χ1) is 15.1. The Labute approximate surface area is 196 Å². The third-order valence-electron chi connectivity index (χ3n) is 10.2. The predicted molar refractivity (Wildman–Crippen MR) is 123 cm³/mol. The van der Waals surface area contributed by atoms with Gasteiger partial charge in [0.25, 0.3) is 0 Å². The molecule has 0 aliphatic heterocycles. The molecule has 0 heterocycles. The van der Waals surface area contributed by atoms with Crippen LogP contribution in [0.4, 0.5) is 0 Å². The van der Waals surface area contributed by atoms with E-state index < -0.39 is 5.60 Å². The average Bonchev–Trinajstić information content (AvgIpc) is 3.49. The first kappa shape index (κ1) is 22.4. The number of ether oxygens (including phenoxy) is 1. The maximum absolute atomic E-state index is 13.1. The third-order valence-corrected chi connectivity index (χ3v) is 10.5. The molecule has 174 valence electrons. The summed E-state index contributed by atoms with van der Waals surface area (Å²) in [6.45, 7) is 8.15. The highest BCUT2D eigenvalue weighted by Gasteiger charge is 2.70. The predicted octanol–water partition coefficient (Wildman–Crippen LogP) is 5.78. The minimum absolute atomic E-state index is 0.0194. The van der Waals surface area contributed by atoms with E-state index in [2.05, 4.69) is 19.9 Å². The van der Waals surface area contributed by atoms with Gasteiger partial charge in [-0.05, 0) is 80.8 Å². The number of rotatable bonds is 5. The van der Waals surface area contributed by atoms with Gasteiger partial charge in [0.2, 0.25) is 0 Å². The molecule has 0 radical (unpaired) electrons. The van der Waals surface area contributed by atoms with Gasteiger partial charge in [0.15, 0.2) is 17.2 Å². The number of esters is 1. The van der Waals surface area contributed by atoms with Gasteiger partial charge in [-0.15, -0.1) is 0 Å². The molecule has 0 bridgehead atoms. The second kappa shape index (κ2) is 7.29. The summed E-state index contributed by atoms with van der Waals surface area (Å²) in [6, 6.07) is 0. The van der Waals surface area contributed by atoms with Crippen LogP contribution in [0.2, 0.25) is 0 Å². The summed E-state index contributed by atoms with van der Waals surface area (Å²) in [4.78, 5) is 38.2. The van der Waals surface area contributed by atoms with E-state index in [0.29, 0.717) is 24.7 Å². The molecule has 2 unspecified atom stereocenters. The molecular weight excluding hydrogens is 424 g/mol. The summed E-state index contributed by atoms with van der Waals surface area (Å²) in [5.74, 6) is 1.43. The molecule has 5 rings (SSSR count). The van der Waals surface area contributed by atoms with E-state index in [9.17, 15) is 14.4 Å². The number of fused-ring (bicyclic) bond motifs is 7. The summed E-state index contributed by atoms with van der Waals surface area (Å²) >= 11 is 6.85. The molecule has 0 saturated heterocycles. The molecule has 0 amide bonds. The van der Waals surface area contributed by atoms with E-state index in [1.54, 1.807) is 6.92 Å². The summed E-state index contributed by atoms with van der Waals surface area (Å²) in [5, 5.41) is 0.719. The van der Waals surface area contributed by atoms with Gasteiger partial charge < -0.3 is 4.74 Å². The first-order valence-corrected chi connectivity index (χ1v) is 12.8. The number of ketones is 2. The Morgan fingerprint density at radius 2 is 1.88 bits per heavy atom. The van der Waals surface area contributed by atoms with Crippen molar-refractivity contribution in [2.24, 2.45) is 40.4 Å². The number of hydrogen-bond acceptors (Lipinski definition) is 4. The topological polar surface area (TPSA) is 60.4 Å². The van der Waals surface area contributed by atoms with Crippen molar-refractivity contribution in [1.29, 1.82) is 0 Å². The summed E-state index contributed by atoms with van der Waals surface area (Å²) < 4.78 is 6.12. The highest BCUT2D eigenvalue weighted by molar-refractivity contribution is 6.32. The minimum Gasteiger partial charge on any atom is -0.450 e. The summed E-state index contributed by atoms with van der Waals surface area (Å²) in [7, 11) is 0. The van der Waals surface area contributed by atoms with Crippen molar-refractivity contribution in [1.82, 2.24) is 0 Å². The molecule has 0 aromatic rings. The Hall–Kier alpha value is -1.42. The maximum Gasteiger partial charge on any atom is 0.306 e. The first-order valence-electron chi connectivity index (χ1n) is 12.5. The molecule has 4 nitrogen and oxygen atoms in total. The normalized spacial score (nSPS) is 46.2. The molecule has 5 aliphatic carbocycles. The van der Waals surface area contributed by atoms with Gasteiger partial charge in [0.1, 0.15) is 0 Å². The molecule has 5 aliphatic rings. The van der Waals surface area contributed by atoms with Crippen molar-refractivity contribution < 1.29 is 19.1 Å². The van der Waals surface area contributed by atoms with Gasteiger partial charge in [0, 0.05) is 28.2 Å². The molecule has 0 spiro atoms. The van der Waals surface area contributed by atoms with E-state index in [0.717, 1.165) is 49.1 Å². The SMILES string of the molecule is CCCCC(=O)O[C@]1(C(C)=O)CC[C@H]2[C@@H]3C=C(Cl)C4=CC(=O)C5CC5[C@]4(C)[C@H]3CC[C@@]21C. The van der Waals surface area contributed by atoms with Gasteiger partial charge in [0.05, 0.1) is 0 Å². The van der Waals surface area contributed by atoms with E-state index in [-0.39, 0.29) is 46.1 Å². The number of carbonyl (C=O) groups excluding carboxylic acids is 3. The molecule has 0 N–H and O–H groups in total. The quantitative estimate of drug-likeness (QED) is 0.490. The average molecular weight is 459 g/mol. The Bertz CT molecular complexity index is 949. The van der Waals surface area contributed by atoms with Crippen molar-refractivity contribution in [2.45, 2.75) is 84.7 Å². The number of halogens is 1. The number of unbranched alkanes of at least 4 members (excludes halogenated alkanes) is 1. The fourth-order valence-electron chi connectivity index (χ4n) is 8.35. The molecular formula is C27H35ClO4. The zero-order valence-corrected chi connectivity index (χ0v) is 20.5. The molecule has 0 aromatic carbocycles. The fourth-order valence-corrected chi connectivity index (χ4v) is 8.75. The molecule has 0 aromatic heterocycles. The van der Waals surface area contributed by atoms with Gasteiger partial charge in [-0.3, -0.25) is 14.4 Å². The Kier molecular flexibility index (Phi) is 5.10. The highest BCUT2D eigenvalue weighted by Crippen LogP contribution is 2.72. The highest BCUT2D eigenvalue weighted by atomic mass is 35.5. The van der Waals surface area contributed by atoms with Crippen LogP contribution in [-0.2, 0) is 19.1 Å². The Morgan fingerprint density at radius 3 is 2.56 bits per heavy atom. The van der Waals surface area contributed by atoms with E-state index in [4.69, 9.17) is 16.3 Å². The van der Waals surface area contributed by atoms with Crippen molar-refractivity contribution in [2.75, 3.05) is 0 Å². The lowest BCUT2D eigenvalue weighted by Crippen LogP contribution is -2.58. The van der Waals surface area contributed by atoms with E-state index in [1.807, 2.05) is 13.0 Å². The van der Waals surface area contributed by atoms with Crippen molar-refractivity contribution in [3.63, 3.8) is 0 Å². The molecule has 3 saturated carbocycles. The second-order valence-corrected chi connectivity index (χ2v) is 11.9. The van der Waals surface area contributed by atoms with Crippen LogP contribution in [0.3, 0.4) is 0 Å². The fraction of sp³-hybridized carbons (Fsp3) is 0.741. The van der Waals surface area contributed by atoms with Gasteiger partial charge in [-0.2, -0.15) is 0 Å². The van der Waals surface area contributed by atoms with Gasteiger partial charge >= 0.3 is 5.97 Å². The standard InChI is InChI=1S/C27H35ClO4/c1-5-6-7-24(31)32-27(15(2)29)11-9-18-16-13-22(28)21-14-23(30)17-12-20(17)26(21,4)19(16)8-10-25(18,27)3/h13-14,16-20H,5-12H2,1-4H3/t16-,17?,18-,19-,20?,25-,26-,27-/m0/s1.